The highest BCUT2D eigenvalue weighted by molar-refractivity contribution is 6.06. The van der Waals surface area contributed by atoms with Gasteiger partial charge < -0.3 is 14.5 Å². The van der Waals surface area contributed by atoms with E-state index in [1.807, 2.05) is 37.3 Å². The van der Waals surface area contributed by atoms with Crippen molar-refractivity contribution in [1.82, 2.24) is 9.97 Å². The number of pyridine rings is 1. The van der Waals surface area contributed by atoms with Crippen LogP contribution in [0.4, 0.5) is 5.69 Å². The standard InChI is InChI=1S/C21H17N3O3/c1-13-14(21-24-19-18(27-21)11-6-12-22-19)8-5-9-16(13)23-20(25)15-7-3-4-10-17(15)26-2/h3-12H,1-2H3,(H,23,25). The van der Waals surface area contributed by atoms with Crippen molar-refractivity contribution < 1.29 is 13.9 Å². The number of oxazole rings is 1. The van der Waals surface area contributed by atoms with Gasteiger partial charge in [-0.3, -0.25) is 4.79 Å². The molecule has 0 saturated heterocycles. The molecule has 4 aromatic rings. The van der Waals surface area contributed by atoms with Crippen molar-refractivity contribution >= 4 is 22.8 Å². The molecule has 0 aliphatic carbocycles. The first-order valence-corrected chi connectivity index (χ1v) is 8.43. The number of fused-ring (bicyclic) bond motifs is 1. The monoisotopic (exact) mass is 359 g/mol. The molecule has 0 unspecified atom stereocenters. The minimum absolute atomic E-state index is 0.244. The zero-order valence-electron chi connectivity index (χ0n) is 14.9. The molecular weight excluding hydrogens is 342 g/mol. The first-order chi connectivity index (χ1) is 13.2. The van der Waals surface area contributed by atoms with Gasteiger partial charge in [-0.05, 0) is 48.9 Å². The fourth-order valence-corrected chi connectivity index (χ4v) is 2.91. The zero-order valence-corrected chi connectivity index (χ0v) is 14.9. The smallest absolute Gasteiger partial charge is 0.259 e. The Morgan fingerprint density at radius 1 is 1.07 bits per heavy atom. The summed E-state index contributed by atoms with van der Waals surface area (Å²) >= 11 is 0. The van der Waals surface area contributed by atoms with E-state index >= 15 is 0 Å². The van der Waals surface area contributed by atoms with Gasteiger partial charge in [-0.15, -0.1) is 0 Å². The number of amides is 1. The van der Waals surface area contributed by atoms with Gasteiger partial charge in [-0.25, -0.2) is 4.98 Å². The normalized spacial score (nSPS) is 10.7. The molecule has 0 saturated carbocycles. The fraction of sp³-hybridized carbons (Fsp3) is 0.0952. The highest BCUT2D eigenvalue weighted by Crippen LogP contribution is 2.30. The summed E-state index contributed by atoms with van der Waals surface area (Å²) < 4.78 is 11.1. The third-order valence-corrected chi connectivity index (χ3v) is 4.33. The number of ether oxygens (including phenoxy) is 1. The van der Waals surface area contributed by atoms with Crippen LogP contribution in [0.25, 0.3) is 22.7 Å². The number of anilines is 1. The summed E-state index contributed by atoms with van der Waals surface area (Å²) in [6, 6.07) is 16.3. The molecule has 2 heterocycles. The van der Waals surface area contributed by atoms with Crippen molar-refractivity contribution in [2.75, 3.05) is 12.4 Å². The SMILES string of the molecule is COc1ccccc1C(=O)Nc1cccc(-c2nc3ncccc3o2)c1C. The first kappa shape index (κ1) is 16.8. The molecule has 6 nitrogen and oxygen atoms in total. The van der Waals surface area contributed by atoms with Crippen molar-refractivity contribution in [2.24, 2.45) is 0 Å². The van der Waals surface area contributed by atoms with Crippen molar-refractivity contribution in [1.29, 1.82) is 0 Å². The Morgan fingerprint density at radius 3 is 2.74 bits per heavy atom. The van der Waals surface area contributed by atoms with E-state index < -0.39 is 0 Å². The quantitative estimate of drug-likeness (QED) is 0.582. The number of carbonyl (C=O) groups is 1. The molecule has 4 rings (SSSR count). The van der Waals surface area contributed by atoms with Gasteiger partial charge in [0.05, 0.1) is 12.7 Å². The number of aromatic nitrogens is 2. The average molecular weight is 359 g/mol. The molecule has 2 aromatic heterocycles. The lowest BCUT2D eigenvalue weighted by Gasteiger charge is -2.12. The van der Waals surface area contributed by atoms with E-state index in [-0.39, 0.29) is 5.91 Å². The van der Waals surface area contributed by atoms with E-state index in [1.54, 1.807) is 37.6 Å². The van der Waals surface area contributed by atoms with Crippen molar-refractivity contribution in [3.8, 4) is 17.2 Å². The van der Waals surface area contributed by atoms with Crippen LogP contribution in [0.15, 0.2) is 65.2 Å². The van der Waals surface area contributed by atoms with Gasteiger partial charge in [0.1, 0.15) is 5.75 Å². The number of methoxy groups -OCH3 is 1. The molecule has 0 aliphatic heterocycles. The second-order valence-corrected chi connectivity index (χ2v) is 5.98. The van der Waals surface area contributed by atoms with Gasteiger partial charge in [0, 0.05) is 17.4 Å². The maximum absolute atomic E-state index is 12.7. The van der Waals surface area contributed by atoms with Crippen LogP contribution in [0.2, 0.25) is 0 Å². The Balaban J connectivity index is 1.69. The molecule has 0 atom stereocenters. The highest BCUT2D eigenvalue weighted by atomic mass is 16.5. The van der Waals surface area contributed by atoms with Crippen molar-refractivity contribution in [3.63, 3.8) is 0 Å². The third kappa shape index (κ3) is 3.13. The Kier molecular flexibility index (Phi) is 4.30. The molecule has 0 aliphatic rings. The van der Waals surface area contributed by atoms with E-state index in [9.17, 15) is 4.79 Å². The minimum Gasteiger partial charge on any atom is -0.496 e. The van der Waals surface area contributed by atoms with Gasteiger partial charge >= 0.3 is 0 Å². The Morgan fingerprint density at radius 2 is 1.93 bits per heavy atom. The maximum Gasteiger partial charge on any atom is 0.259 e. The topological polar surface area (TPSA) is 77.2 Å². The highest BCUT2D eigenvalue weighted by Gasteiger charge is 2.16. The Labute approximate surface area is 155 Å². The van der Waals surface area contributed by atoms with E-state index in [2.05, 4.69) is 15.3 Å². The largest absolute Gasteiger partial charge is 0.496 e. The summed E-state index contributed by atoms with van der Waals surface area (Å²) in [5.74, 6) is 0.746. The molecule has 27 heavy (non-hydrogen) atoms. The minimum atomic E-state index is -0.244. The molecule has 0 fully saturated rings. The number of benzene rings is 2. The first-order valence-electron chi connectivity index (χ1n) is 8.43. The van der Waals surface area contributed by atoms with Crippen LogP contribution in [0.3, 0.4) is 0 Å². The van der Waals surface area contributed by atoms with Crippen LogP contribution in [0.5, 0.6) is 5.75 Å². The van der Waals surface area contributed by atoms with Crippen LogP contribution in [0.1, 0.15) is 15.9 Å². The van der Waals surface area contributed by atoms with Crippen LogP contribution >= 0.6 is 0 Å². The Hall–Kier alpha value is -3.67. The lowest BCUT2D eigenvalue weighted by atomic mass is 10.1. The van der Waals surface area contributed by atoms with Crippen LogP contribution in [-0.2, 0) is 0 Å². The molecule has 0 spiro atoms. The van der Waals surface area contributed by atoms with Gasteiger partial charge in [-0.2, -0.15) is 4.98 Å². The number of para-hydroxylation sites is 1. The summed E-state index contributed by atoms with van der Waals surface area (Å²) in [7, 11) is 1.54. The van der Waals surface area contributed by atoms with Crippen LogP contribution < -0.4 is 10.1 Å². The average Bonchev–Trinajstić information content (AvgIpc) is 3.13. The number of nitrogens with zero attached hydrogens (tertiary/aromatic N) is 2. The lowest BCUT2D eigenvalue weighted by Crippen LogP contribution is -2.14. The second-order valence-electron chi connectivity index (χ2n) is 5.98. The van der Waals surface area contributed by atoms with Crippen LogP contribution in [0, 0.1) is 6.92 Å². The summed E-state index contributed by atoms with van der Waals surface area (Å²) in [5.41, 5.74) is 3.97. The van der Waals surface area contributed by atoms with Gasteiger partial charge in [-0.1, -0.05) is 18.2 Å². The van der Waals surface area contributed by atoms with E-state index in [0.29, 0.717) is 34.1 Å². The van der Waals surface area contributed by atoms with Crippen LogP contribution in [-0.4, -0.2) is 23.0 Å². The van der Waals surface area contributed by atoms with Gasteiger partial charge in [0.25, 0.3) is 5.91 Å². The van der Waals surface area contributed by atoms with Crippen molar-refractivity contribution in [3.05, 3.63) is 71.9 Å². The van der Waals surface area contributed by atoms with E-state index in [4.69, 9.17) is 9.15 Å². The predicted molar refractivity (Wildman–Crippen MR) is 103 cm³/mol. The zero-order chi connectivity index (χ0) is 18.8. The Bertz CT molecular complexity index is 1100. The summed E-state index contributed by atoms with van der Waals surface area (Å²) in [6.45, 7) is 1.91. The molecule has 6 heteroatoms. The molecular formula is C21H17N3O3. The number of nitrogens with one attached hydrogen (secondary N) is 1. The molecule has 0 radical (unpaired) electrons. The fourth-order valence-electron chi connectivity index (χ4n) is 2.91. The van der Waals surface area contributed by atoms with Gasteiger partial charge in [0.2, 0.25) is 5.89 Å². The summed E-state index contributed by atoms with van der Waals surface area (Å²) in [5, 5.41) is 2.94. The maximum atomic E-state index is 12.7. The molecule has 1 amide bonds. The number of carbonyl (C=O) groups excluding carboxylic acids is 1. The summed E-state index contributed by atoms with van der Waals surface area (Å²) in [4.78, 5) is 21.3. The van der Waals surface area contributed by atoms with Crippen molar-refractivity contribution in [2.45, 2.75) is 6.92 Å². The third-order valence-electron chi connectivity index (χ3n) is 4.33. The second kappa shape index (κ2) is 6.92. The number of hydrogen-bond acceptors (Lipinski definition) is 5. The predicted octanol–water partition coefficient (Wildman–Crippen LogP) is 4.46. The van der Waals surface area contributed by atoms with Gasteiger partial charge in [0.15, 0.2) is 11.2 Å². The molecule has 134 valence electrons. The molecule has 2 aromatic carbocycles. The number of rotatable bonds is 4. The van der Waals surface area contributed by atoms with E-state index in [1.165, 1.54) is 0 Å². The number of hydrogen-bond donors (Lipinski definition) is 1. The lowest BCUT2D eigenvalue weighted by molar-refractivity contribution is 0.102. The van der Waals surface area contributed by atoms with E-state index in [0.717, 1.165) is 11.1 Å². The summed E-state index contributed by atoms with van der Waals surface area (Å²) in [6.07, 6.45) is 1.67. The molecule has 0 bridgehead atoms. The molecule has 1 N–H and O–H groups in total.